The molecule has 0 saturated carbocycles. The summed E-state index contributed by atoms with van der Waals surface area (Å²) in [6.07, 6.45) is 0.116. The predicted molar refractivity (Wildman–Crippen MR) is 82.5 cm³/mol. The number of carbonyl (C=O) groups excluding carboxylic acids is 1. The Hall–Kier alpha value is -3.08. The third kappa shape index (κ3) is 2.94. The number of ketones is 1. The van der Waals surface area contributed by atoms with Crippen molar-refractivity contribution in [3.05, 3.63) is 76.6 Å². The van der Waals surface area contributed by atoms with Crippen LogP contribution in [0.2, 0.25) is 0 Å². The maximum atomic E-state index is 12.2. The van der Waals surface area contributed by atoms with Crippen LogP contribution in [-0.2, 0) is 17.8 Å². The second-order valence-corrected chi connectivity index (χ2v) is 5.23. The second kappa shape index (κ2) is 5.96. The fourth-order valence-electron chi connectivity index (χ4n) is 2.51. The number of ether oxygens (including phenoxy) is 1. The minimum absolute atomic E-state index is 0.0901. The maximum Gasteiger partial charge on any atom is 0.371 e. The molecular weight excluding hydrogens is 296 g/mol. The molecule has 1 aliphatic rings. The topological polar surface area (TPSA) is 83.8 Å². The van der Waals surface area contributed by atoms with Crippen molar-refractivity contribution in [2.24, 2.45) is 0 Å². The molecule has 2 N–H and O–H groups in total. The van der Waals surface area contributed by atoms with Gasteiger partial charge in [-0.2, -0.15) is 0 Å². The molecule has 0 unspecified atom stereocenters. The SMILES string of the molecule is O=C(O)C(O)=C1Cc2ccc(OCc3ccccc3)cc2C1=O. The Morgan fingerprint density at radius 2 is 1.83 bits per heavy atom. The molecule has 0 fully saturated rings. The lowest BCUT2D eigenvalue weighted by Crippen LogP contribution is -2.08. The van der Waals surface area contributed by atoms with Crippen molar-refractivity contribution in [2.75, 3.05) is 0 Å². The molecule has 0 bridgehead atoms. The first-order valence-corrected chi connectivity index (χ1v) is 7.06. The average molecular weight is 310 g/mol. The number of carboxylic acid groups (broad SMARTS) is 1. The molecule has 0 radical (unpaired) electrons. The number of Topliss-reactive ketones (excluding diaryl/α,β-unsaturated/α-hetero) is 1. The van der Waals surface area contributed by atoms with E-state index in [4.69, 9.17) is 9.84 Å². The van der Waals surface area contributed by atoms with Crippen LogP contribution < -0.4 is 4.74 Å². The van der Waals surface area contributed by atoms with E-state index < -0.39 is 17.5 Å². The summed E-state index contributed by atoms with van der Waals surface area (Å²) in [5, 5.41) is 18.3. The van der Waals surface area contributed by atoms with Gasteiger partial charge in [0.05, 0.1) is 5.57 Å². The molecule has 0 saturated heterocycles. The quantitative estimate of drug-likeness (QED) is 0.670. The van der Waals surface area contributed by atoms with Gasteiger partial charge in [0.2, 0.25) is 5.76 Å². The van der Waals surface area contributed by atoms with Gasteiger partial charge in [0.25, 0.3) is 0 Å². The number of hydrogen-bond acceptors (Lipinski definition) is 4. The van der Waals surface area contributed by atoms with E-state index in [0.29, 0.717) is 23.5 Å². The summed E-state index contributed by atoms with van der Waals surface area (Å²) in [4.78, 5) is 23.1. The summed E-state index contributed by atoms with van der Waals surface area (Å²) in [5.41, 5.74) is 1.97. The number of allylic oxidation sites excluding steroid dienone is 1. The first-order valence-electron chi connectivity index (χ1n) is 7.06. The number of aliphatic carboxylic acids is 1. The highest BCUT2D eigenvalue weighted by Crippen LogP contribution is 2.31. The zero-order chi connectivity index (χ0) is 16.4. The summed E-state index contributed by atoms with van der Waals surface area (Å²) in [6, 6.07) is 14.6. The highest BCUT2D eigenvalue weighted by atomic mass is 16.5. The number of fused-ring (bicyclic) bond motifs is 1. The van der Waals surface area contributed by atoms with Gasteiger partial charge in [-0.05, 0) is 23.3 Å². The van der Waals surface area contributed by atoms with E-state index in [9.17, 15) is 14.7 Å². The number of carboxylic acids is 1. The second-order valence-electron chi connectivity index (χ2n) is 5.23. The van der Waals surface area contributed by atoms with Gasteiger partial charge in [0.1, 0.15) is 12.4 Å². The summed E-state index contributed by atoms with van der Waals surface area (Å²) in [7, 11) is 0. The molecule has 0 aromatic heterocycles. The molecule has 23 heavy (non-hydrogen) atoms. The molecule has 3 rings (SSSR count). The van der Waals surface area contributed by atoms with E-state index in [-0.39, 0.29) is 12.0 Å². The van der Waals surface area contributed by atoms with Crippen LogP contribution in [-0.4, -0.2) is 22.0 Å². The van der Waals surface area contributed by atoms with Crippen molar-refractivity contribution < 1.29 is 24.5 Å². The molecule has 5 heteroatoms. The fraction of sp³-hybridized carbons (Fsp3) is 0.111. The molecule has 0 aliphatic heterocycles. The Bertz CT molecular complexity index is 805. The van der Waals surface area contributed by atoms with Gasteiger partial charge in [0.15, 0.2) is 5.78 Å². The van der Waals surface area contributed by atoms with Crippen LogP contribution in [0.5, 0.6) is 5.75 Å². The number of aliphatic hydroxyl groups is 1. The molecule has 5 nitrogen and oxygen atoms in total. The molecular formula is C18H14O5. The Kier molecular flexibility index (Phi) is 3.85. The summed E-state index contributed by atoms with van der Waals surface area (Å²) in [5.74, 6) is -2.33. The van der Waals surface area contributed by atoms with Gasteiger partial charge < -0.3 is 14.9 Å². The van der Waals surface area contributed by atoms with E-state index in [0.717, 1.165) is 5.56 Å². The van der Waals surface area contributed by atoms with Crippen LogP contribution in [0, 0.1) is 0 Å². The van der Waals surface area contributed by atoms with Gasteiger partial charge >= 0.3 is 5.97 Å². The highest BCUT2D eigenvalue weighted by Gasteiger charge is 2.30. The number of carbonyl (C=O) groups is 2. The van der Waals surface area contributed by atoms with E-state index in [1.165, 1.54) is 0 Å². The van der Waals surface area contributed by atoms with Crippen molar-refractivity contribution >= 4 is 11.8 Å². The van der Waals surface area contributed by atoms with Gasteiger partial charge in [-0.25, -0.2) is 4.79 Å². The first-order chi connectivity index (χ1) is 11.1. The maximum absolute atomic E-state index is 12.2. The van der Waals surface area contributed by atoms with Crippen molar-refractivity contribution in [2.45, 2.75) is 13.0 Å². The highest BCUT2D eigenvalue weighted by molar-refractivity contribution is 6.16. The lowest BCUT2D eigenvalue weighted by molar-refractivity contribution is -0.135. The average Bonchev–Trinajstić information content (AvgIpc) is 2.89. The Morgan fingerprint density at radius 3 is 2.52 bits per heavy atom. The Balaban J connectivity index is 1.81. The summed E-state index contributed by atoms with van der Waals surface area (Å²) >= 11 is 0. The monoisotopic (exact) mass is 310 g/mol. The summed E-state index contributed by atoms with van der Waals surface area (Å²) < 4.78 is 5.66. The van der Waals surface area contributed by atoms with Crippen LogP contribution in [0.1, 0.15) is 21.5 Å². The van der Waals surface area contributed by atoms with Crippen LogP contribution in [0.15, 0.2) is 59.9 Å². The van der Waals surface area contributed by atoms with E-state index >= 15 is 0 Å². The number of rotatable bonds is 4. The molecule has 2 aromatic rings. The Morgan fingerprint density at radius 1 is 1.09 bits per heavy atom. The van der Waals surface area contributed by atoms with Crippen LogP contribution in [0.25, 0.3) is 0 Å². The molecule has 0 heterocycles. The van der Waals surface area contributed by atoms with E-state index in [2.05, 4.69) is 0 Å². The Labute approximate surface area is 132 Å². The number of benzene rings is 2. The van der Waals surface area contributed by atoms with Crippen LogP contribution in [0.4, 0.5) is 0 Å². The van der Waals surface area contributed by atoms with Crippen molar-refractivity contribution in [3.8, 4) is 5.75 Å². The largest absolute Gasteiger partial charge is 0.502 e. The molecule has 0 amide bonds. The minimum atomic E-state index is -1.50. The fourth-order valence-corrected chi connectivity index (χ4v) is 2.51. The zero-order valence-electron chi connectivity index (χ0n) is 12.2. The molecule has 1 aliphatic carbocycles. The van der Waals surface area contributed by atoms with Crippen molar-refractivity contribution in [1.29, 1.82) is 0 Å². The lowest BCUT2D eigenvalue weighted by Gasteiger charge is -2.07. The van der Waals surface area contributed by atoms with Crippen LogP contribution in [0.3, 0.4) is 0 Å². The third-order valence-corrected chi connectivity index (χ3v) is 3.70. The normalized spacial score (nSPS) is 15.2. The predicted octanol–water partition coefficient (Wildman–Crippen LogP) is 2.90. The molecule has 0 spiro atoms. The number of hydrogen-bond donors (Lipinski definition) is 2. The van der Waals surface area contributed by atoms with Gasteiger partial charge in [-0.1, -0.05) is 36.4 Å². The smallest absolute Gasteiger partial charge is 0.371 e. The van der Waals surface area contributed by atoms with Gasteiger partial charge in [-0.3, -0.25) is 4.79 Å². The standard InChI is InChI=1S/C18H14O5/c19-16-14-9-13(23-10-11-4-2-1-3-5-11)7-6-12(14)8-15(16)17(20)18(21)22/h1-7,9,20H,8,10H2,(H,21,22). The van der Waals surface area contributed by atoms with E-state index in [1.54, 1.807) is 18.2 Å². The molecule has 116 valence electrons. The third-order valence-electron chi connectivity index (χ3n) is 3.70. The first kappa shape index (κ1) is 14.8. The molecule has 2 aromatic carbocycles. The van der Waals surface area contributed by atoms with Crippen molar-refractivity contribution in [3.63, 3.8) is 0 Å². The van der Waals surface area contributed by atoms with E-state index in [1.807, 2.05) is 30.3 Å². The van der Waals surface area contributed by atoms with Crippen LogP contribution >= 0.6 is 0 Å². The van der Waals surface area contributed by atoms with Crippen molar-refractivity contribution in [1.82, 2.24) is 0 Å². The summed E-state index contributed by atoms with van der Waals surface area (Å²) in [6.45, 7) is 0.372. The zero-order valence-corrected chi connectivity index (χ0v) is 12.2. The number of aliphatic hydroxyl groups excluding tert-OH is 1. The lowest BCUT2D eigenvalue weighted by atomic mass is 10.1. The minimum Gasteiger partial charge on any atom is -0.502 e. The molecule has 0 atom stereocenters. The van der Waals surface area contributed by atoms with Gasteiger partial charge in [0, 0.05) is 12.0 Å². The van der Waals surface area contributed by atoms with Gasteiger partial charge in [-0.15, -0.1) is 0 Å².